The second-order valence-electron chi connectivity index (χ2n) is 4.40. The first-order valence-electron chi connectivity index (χ1n) is 6.24. The van der Waals surface area contributed by atoms with Gasteiger partial charge in [0.1, 0.15) is 0 Å². The van der Waals surface area contributed by atoms with E-state index in [0.29, 0.717) is 17.7 Å². The van der Waals surface area contributed by atoms with Crippen LogP contribution in [0.5, 0.6) is 0 Å². The highest BCUT2D eigenvalue weighted by molar-refractivity contribution is 7.98. The van der Waals surface area contributed by atoms with Gasteiger partial charge in [0, 0.05) is 5.69 Å². The van der Waals surface area contributed by atoms with E-state index in [9.17, 15) is 9.59 Å². The van der Waals surface area contributed by atoms with Crippen molar-refractivity contribution in [3.63, 3.8) is 0 Å². The number of nitrogens with two attached hydrogens (primary N) is 1. The van der Waals surface area contributed by atoms with E-state index in [1.165, 1.54) is 7.11 Å². The molecule has 0 bridgehead atoms. The number of hydrogen-bond donors (Lipinski definition) is 2. The fraction of sp³-hybridized carbons (Fsp3) is 0.429. The number of esters is 1. The molecule has 0 unspecified atom stereocenters. The van der Waals surface area contributed by atoms with Crippen LogP contribution in [-0.4, -0.2) is 37.0 Å². The molecule has 1 atom stereocenters. The number of thioether (sulfide) groups is 1. The molecule has 1 aromatic rings. The molecule has 0 aromatic heterocycles. The van der Waals surface area contributed by atoms with Crippen LogP contribution in [0.4, 0.5) is 5.69 Å². The molecule has 1 rings (SSSR count). The summed E-state index contributed by atoms with van der Waals surface area (Å²) in [7, 11) is 1.32. The third kappa shape index (κ3) is 4.54. The summed E-state index contributed by atoms with van der Waals surface area (Å²) >= 11 is 1.64. The van der Waals surface area contributed by atoms with E-state index in [2.05, 4.69) is 5.32 Å². The van der Waals surface area contributed by atoms with Crippen molar-refractivity contribution in [1.29, 1.82) is 0 Å². The normalized spacial score (nSPS) is 11.8. The summed E-state index contributed by atoms with van der Waals surface area (Å²) in [5.74, 6) is 0.152. The fourth-order valence-electron chi connectivity index (χ4n) is 1.64. The highest BCUT2D eigenvalue weighted by Crippen LogP contribution is 2.16. The Balaban J connectivity index is 2.78. The minimum Gasteiger partial charge on any atom is -0.465 e. The van der Waals surface area contributed by atoms with E-state index in [-0.39, 0.29) is 5.91 Å². The molecular formula is C14H20N2O3S. The second kappa shape index (κ2) is 7.91. The van der Waals surface area contributed by atoms with Crippen LogP contribution >= 0.6 is 11.8 Å². The van der Waals surface area contributed by atoms with Gasteiger partial charge in [-0.05, 0) is 43.0 Å². The lowest BCUT2D eigenvalue weighted by atomic mass is 10.1. The molecule has 0 heterocycles. The first-order valence-corrected chi connectivity index (χ1v) is 7.63. The first kappa shape index (κ1) is 16.5. The number of methoxy groups -OCH3 is 1. The number of benzene rings is 1. The van der Waals surface area contributed by atoms with Crippen LogP contribution in [0.3, 0.4) is 0 Å². The second-order valence-corrected chi connectivity index (χ2v) is 5.38. The lowest BCUT2D eigenvalue weighted by Gasteiger charge is -2.13. The van der Waals surface area contributed by atoms with Crippen LogP contribution in [0.1, 0.15) is 22.3 Å². The maximum absolute atomic E-state index is 11.9. The van der Waals surface area contributed by atoms with E-state index >= 15 is 0 Å². The monoisotopic (exact) mass is 296 g/mol. The van der Waals surface area contributed by atoms with Crippen LogP contribution in [0.15, 0.2) is 18.2 Å². The number of rotatable bonds is 6. The molecule has 20 heavy (non-hydrogen) atoms. The molecule has 5 nitrogen and oxygen atoms in total. The first-order chi connectivity index (χ1) is 9.49. The Bertz CT molecular complexity index is 491. The van der Waals surface area contributed by atoms with Gasteiger partial charge in [0.2, 0.25) is 5.91 Å². The molecule has 0 spiro atoms. The van der Waals surface area contributed by atoms with Gasteiger partial charge in [-0.2, -0.15) is 11.8 Å². The highest BCUT2D eigenvalue weighted by atomic mass is 32.2. The Morgan fingerprint density at radius 2 is 2.15 bits per heavy atom. The molecule has 110 valence electrons. The predicted octanol–water partition coefficient (Wildman–Crippen LogP) is 1.80. The molecule has 0 aliphatic rings. The van der Waals surface area contributed by atoms with Crippen LogP contribution in [0.2, 0.25) is 0 Å². The van der Waals surface area contributed by atoms with Crippen molar-refractivity contribution in [3.05, 3.63) is 29.3 Å². The third-order valence-electron chi connectivity index (χ3n) is 2.88. The molecular weight excluding hydrogens is 276 g/mol. The molecule has 1 aromatic carbocycles. The van der Waals surface area contributed by atoms with E-state index in [0.717, 1.165) is 11.3 Å². The van der Waals surface area contributed by atoms with Crippen molar-refractivity contribution in [2.24, 2.45) is 5.73 Å². The van der Waals surface area contributed by atoms with Gasteiger partial charge < -0.3 is 15.8 Å². The molecule has 3 N–H and O–H groups in total. The molecule has 0 radical (unpaired) electrons. The van der Waals surface area contributed by atoms with Gasteiger partial charge >= 0.3 is 5.97 Å². The predicted molar refractivity (Wildman–Crippen MR) is 82.1 cm³/mol. The number of ether oxygens (including phenoxy) is 1. The fourth-order valence-corrected chi connectivity index (χ4v) is 2.13. The summed E-state index contributed by atoms with van der Waals surface area (Å²) in [4.78, 5) is 23.5. The zero-order valence-corrected chi connectivity index (χ0v) is 12.8. The molecule has 0 saturated carbocycles. The van der Waals surface area contributed by atoms with Gasteiger partial charge in [-0.3, -0.25) is 4.79 Å². The number of amides is 1. The average Bonchev–Trinajstić information content (AvgIpc) is 2.45. The Morgan fingerprint density at radius 3 is 2.75 bits per heavy atom. The summed E-state index contributed by atoms with van der Waals surface area (Å²) in [6.07, 6.45) is 2.58. The van der Waals surface area contributed by atoms with Gasteiger partial charge in [-0.15, -0.1) is 0 Å². The number of aryl methyl sites for hydroxylation is 1. The summed E-state index contributed by atoms with van der Waals surface area (Å²) in [5, 5.41) is 2.72. The zero-order valence-electron chi connectivity index (χ0n) is 11.9. The van der Waals surface area contributed by atoms with Crippen molar-refractivity contribution in [2.45, 2.75) is 19.4 Å². The molecule has 0 fully saturated rings. The van der Waals surface area contributed by atoms with Gasteiger partial charge in [-0.1, -0.05) is 6.07 Å². The minimum atomic E-state index is -0.551. The van der Waals surface area contributed by atoms with E-state index in [4.69, 9.17) is 10.5 Å². The summed E-state index contributed by atoms with van der Waals surface area (Å²) in [6, 6.07) is 4.54. The smallest absolute Gasteiger partial charge is 0.338 e. The quantitative estimate of drug-likeness (QED) is 0.782. The van der Waals surface area contributed by atoms with Crippen molar-refractivity contribution in [3.8, 4) is 0 Å². The number of carbonyl (C=O) groups is 2. The third-order valence-corrected chi connectivity index (χ3v) is 3.52. The van der Waals surface area contributed by atoms with E-state index in [1.807, 2.05) is 13.2 Å². The van der Waals surface area contributed by atoms with Crippen LogP contribution in [-0.2, 0) is 9.53 Å². The Kier molecular flexibility index (Phi) is 6.54. The lowest BCUT2D eigenvalue weighted by molar-refractivity contribution is -0.117. The number of carbonyl (C=O) groups excluding carboxylic acids is 2. The summed E-state index contributed by atoms with van der Waals surface area (Å²) < 4.78 is 4.70. The van der Waals surface area contributed by atoms with Crippen molar-refractivity contribution in [1.82, 2.24) is 0 Å². The van der Waals surface area contributed by atoms with Gasteiger partial charge in [0.05, 0.1) is 18.7 Å². The van der Waals surface area contributed by atoms with Crippen molar-refractivity contribution in [2.75, 3.05) is 24.4 Å². The standard InChI is InChI=1S/C14H20N2O3S/c1-9-4-5-10(8-11(9)14(18)19-2)16-13(17)12(15)6-7-20-3/h4-5,8,12H,6-7,15H2,1-3H3,(H,16,17)/t12-/m0/s1. The molecule has 6 heteroatoms. The van der Waals surface area contributed by atoms with Crippen LogP contribution < -0.4 is 11.1 Å². The van der Waals surface area contributed by atoms with Crippen molar-refractivity contribution >= 4 is 29.3 Å². The lowest BCUT2D eigenvalue weighted by Crippen LogP contribution is -2.36. The maximum atomic E-state index is 11.9. The Morgan fingerprint density at radius 1 is 1.45 bits per heavy atom. The molecule has 1 amide bonds. The van der Waals surface area contributed by atoms with Gasteiger partial charge in [-0.25, -0.2) is 4.79 Å². The summed E-state index contributed by atoms with van der Waals surface area (Å²) in [5.41, 5.74) is 7.56. The summed E-state index contributed by atoms with van der Waals surface area (Å²) in [6.45, 7) is 1.81. The molecule has 0 saturated heterocycles. The maximum Gasteiger partial charge on any atom is 0.338 e. The van der Waals surface area contributed by atoms with Crippen LogP contribution in [0, 0.1) is 6.92 Å². The number of hydrogen-bond acceptors (Lipinski definition) is 5. The van der Waals surface area contributed by atoms with Gasteiger partial charge in [0.15, 0.2) is 0 Å². The number of anilines is 1. The Hall–Kier alpha value is -1.53. The molecule has 0 aliphatic heterocycles. The minimum absolute atomic E-state index is 0.251. The zero-order chi connectivity index (χ0) is 15.1. The van der Waals surface area contributed by atoms with E-state index in [1.54, 1.807) is 30.0 Å². The largest absolute Gasteiger partial charge is 0.465 e. The SMILES string of the molecule is COC(=O)c1cc(NC(=O)[C@@H](N)CCSC)ccc1C. The highest BCUT2D eigenvalue weighted by Gasteiger charge is 2.15. The van der Waals surface area contributed by atoms with Gasteiger partial charge in [0.25, 0.3) is 0 Å². The Labute approximate surface area is 123 Å². The van der Waals surface area contributed by atoms with Crippen LogP contribution in [0.25, 0.3) is 0 Å². The van der Waals surface area contributed by atoms with E-state index < -0.39 is 12.0 Å². The van der Waals surface area contributed by atoms with Crippen molar-refractivity contribution < 1.29 is 14.3 Å². The average molecular weight is 296 g/mol. The topological polar surface area (TPSA) is 81.4 Å². The molecule has 0 aliphatic carbocycles. The number of nitrogens with one attached hydrogen (secondary N) is 1.